The van der Waals surface area contributed by atoms with Gasteiger partial charge in [0.1, 0.15) is 11.4 Å². The zero-order chi connectivity index (χ0) is 16.3. The molecule has 2 heterocycles. The Hall–Kier alpha value is -1.92. The van der Waals surface area contributed by atoms with Crippen molar-refractivity contribution in [3.8, 4) is 0 Å². The number of methoxy groups -OCH3 is 1. The molecule has 1 aliphatic rings. The third-order valence-electron chi connectivity index (χ3n) is 4.63. The standard InChI is InChI=1S/C17H22FN3O2/c1-23-17(5-8-19-9-6-17)16(22)20-7-4-12-11-21-15-10-13(18)2-3-14(12)15/h2-3,10-11,19,21H,4-9H2,1H3,(H,20,22). The van der Waals surface area contributed by atoms with E-state index in [1.54, 1.807) is 13.2 Å². The molecule has 0 radical (unpaired) electrons. The van der Waals surface area contributed by atoms with Crippen molar-refractivity contribution in [2.24, 2.45) is 0 Å². The third kappa shape index (κ3) is 3.23. The lowest BCUT2D eigenvalue weighted by atomic mass is 9.91. The number of carbonyl (C=O) groups is 1. The van der Waals surface area contributed by atoms with Gasteiger partial charge in [-0.1, -0.05) is 0 Å². The molecule has 5 nitrogen and oxygen atoms in total. The molecule has 2 aromatic rings. The summed E-state index contributed by atoms with van der Waals surface area (Å²) in [5, 5.41) is 7.21. The summed E-state index contributed by atoms with van der Waals surface area (Å²) in [5.41, 5.74) is 1.13. The maximum Gasteiger partial charge on any atom is 0.252 e. The number of halogens is 1. The molecule has 124 valence electrons. The van der Waals surface area contributed by atoms with Crippen molar-refractivity contribution in [3.05, 3.63) is 35.8 Å². The van der Waals surface area contributed by atoms with Crippen molar-refractivity contribution >= 4 is 16.8 Å². The zero-order valence-corrected chi connectivity index (χ0v) is 13.2. The second-order valence-corrected chi connectivity index (χ2v) is 5.96. The SMILES string of the molecule is COC1(C(=O)NCCc2c[nH]c3cc(F)ccc23)CCNCC1. The normalized spacial score (nSPS) is 17.3. The largest absolute Gasteiger partial charge is 0.368 e. The fourth-order valence-corrected chi connectivity index (χ4v) is 3.19. The van der Waals surface area contributed by atoms with Gasteiger partial charge in [0.15, 0.2) is 0 Å². The van der Waals surface area contributed by atoms with Gasteiger partial charge in [0.2, 0.25) is 0 Å². The average molecular weight is 319 g/mol. The van der Waals surface area contributed by atoms with Crippen LogP contribution in [0.4, 0.5) is 4.39 Å². The number of carbonyl (C=O) groups excluding carboxylic acids is 1. The Balaban J connectivity index is 1.61. The lowest BCUT2D eigenvalue weighted by Gasteiger charge is -2.34. The maximum atomic E-state index is 13.2. The molecule has 3 N–H and O–H groups in total. The van der Waals surface area contributed by atoms with Crippen molar-refractivity contribution in [1.82, 2.24) is 15.6 Å². The van der Waals surface area contributed by atoms with E-state index in [0.717, 1.165) is 29.6 Å². The predicted octanol–water partition coefficient (Wildman–Crippen LogP) is 1.73. The highest BCUT2D eigenvalue weighted by Crippen LogP contribution is 2.23. The van der Waals surface area contributed by atoms with E-state index in [2.05, 4.69) is 15.6 Å². The van der Waals surface area contributed by atoms with E-state index in [1.807, 2.05) is 6.20 Å². The highest BCUT2D eigenvalue weighted by Gasteiger charge is 2.39. The van der Waals surface area contributed by atoms with E-state index in [4.69, 9.17) is 4.74 Å². The molecule has 6 heteroatoms. The maximum absolute atomic E-state index is 13.2. The topological polar surface area (TPSA) is 66.1 Å². The first-order valence-electron chi connectivity index (χ1n) is 7.94. The van der Waals surface area contributed by atoms with Crippen LogP contribution in [0.2, 0.25) is 0 Å². The lowest BCUT2D eigenvalue weighted by molar-refractivity contribution is -0.146. The number of fused-ring (bicyclic) bond motifs is 1. The van der Waals surface area contributed by atoms with Gasteiger partial charge >= 0.3 is 0 Å². The molecular weight excluding hydrogens is 297 g/mol. The zero-order valence-electron chi connectivity index (χ0n) is 13.2. The second-order valence-electron chi connectivity index (χ2n) is 5.96. The molecule has 0 atom stereocenters. The fourth-order valence-electron chi connectivity index (χ4n) is 3.19. The Morgan fingerprint density at radius 2 is 2.17 bits per heavy atom. The van der Waals surface area contributed by atoms with Gasteiger partial charge < -0.3 is 20.4 Å². The highest BCUT2D eigenvalue weighted by molar-refractivity contribution is 5.86. The minimum Gasteiger partial charge on any atom is -0.368 e. The van der Waals surface area contributed by atoms with Gasteiger partial charge in [-0.05, 0) is 56.1 Å². The smallest absolute Gasteiger partial charge is 0.252 e. The van der Waals surface area contributed by atoms with Gasteiger partial charge in [-0.2, -0.15) is 0 Å². The van der Waals surface area contributed by atoms with Crippen molar-refractivity contribution < 1.29 is 13.9 Å². The van der Waals surface area contributed by atoms with Crippen molar-refractivity contribution in [3.63, 3.8) is 0 Å². The molecule has 1 aromatic carbocycles. The number of H-pyrrole nitrogens is 1. The first-order valence-corrected chi connectivity index (χ1v) is 7.94. The van der Waals surface area contributed by atoms with Crippen LogP contribution in [0.15, 0.2) is 24.4 Å². The summed E-state index contributed by atoms with van der Waals surface area (Å²) < 4.78 is 18.7. The van der Waals surface area contributed by atoms with Gasteiger partial charge in [-0.25, -0.2) is 4.39 Å². The average Bonchev–Trinajstić information content (AvgIpc) is 2.97. The minimum absolute atomic E-state index is 0.0487. The van der Waals surface area contributed by atoms with Gasteiger partial charge in [0.05, 0.1) is 0 Å². The van der Waals surface area contributed by atoms with Gasteiger partial charge in [-0.3, -0.25) is 4.79 Å². The summed E-state index contributed by atoms with van der Waals surface area (Å²) in [6.45, 7) is 2.10. The number of hydrogen-bond acceptors (Lipinski definition) is 3. The fraction of sp³-hybridized carbons (Fsp3) is 0.471. The molecule has 0 aliphatic carbocycles. The van der Waals surface area contributed by atoms with E-state index < -0.39 is 5.60 Å². The van der Waals surface area contributed by atoms with Gasteiger partial charge in [0, 0.05) is 30.8 Å². The van der Waals surface area contributed by atoms with Crippen LogP contribution in [0.3, 0.4) is 0 Å². The quantitative estimate of drug-likeness (QED) is 0.786. The monoisotopic (exact) mass is 319 g/mol. The molecule has 1 fully saturated rings. The molecule has 23 heavy (non-hydrogen) atoms. The minimum atomic E-state index is -0.714. The Labute approximate surface area is 134 Å². The molecule has 0 saturated carbocycles. The van der Waals surface area contributed by atoms with E-state index in [0.29, 0.717) is 25.8 Å². The summed E-state index contributed by atoms with van der Waals surface area (Å²) in [7, 11) is 1.60. The lowest BCUT2D eigenvalue weighted by Crippen LogP contribution is -2.54. The number of amides is 1. The molecule has 1 saturated heterocycles. The predicted molar refractivity (Wildman–Crippen MR) is 86.8 cm³/mol. The van der Waals surface area contributed by atoms with E-state index >= 15 is 0 Å². The van der Waals surface area contributed by atoms with E-state index in [1.165, 1.54) is 12.1 Å². The van der Waals surface area contributed by atoms with Crippen molar-refractivity contribution in [2.75, 3.05) is 26.7 Å². The summed E-state index contributed by atoms with van der Waals surface area (Å²) in [6, 6.07) is 4.70. The summed E-state index contributed by atoms with van der Waals surface area (Å²) in [6.07, 6.45) is 3.92. The number of nitrogens with one attached hydrogen (secondary N) is 3. The molecule has 0 bridgehead atoms. The van der Waals surface area contributed by atoms with Crippen LogP contribution in [-0.4, -0.2) is 43.2 Å². The number of benzene rings is 1. The van der Waals surface area contributed by atoms with Crippen LogP contribution in [0.25, 0.3) is 10.9 Å². The summed E-state index contributed by atoms with van der Waals surface area (Å²) in [5.74, 6) is -0.306. The molecular formula is C17H22FN3O2. The summed E-state index contributed by atoms with van der Waals surface area (Å²) in [4.78, 5) is 15.5. The Bertz CT molecular complexity index is 692. The van der Waals surface area contributed by atoms with E-state index in [-0.39, 0.29) is 11.7 Å². The van der Waals surface area contributed by atoms with Gasteiger partial charge in [0.25, 0.3) is 5.91 Å². The molecule has 0 unspecified atom stereocenters. The van der Waals surface area contributed by atoms with Crippen LogP contribution < -0.4 is 10.6 Å². The third-order valence-corrected chi connectivity index (χ3v) is 4.63. The summed E-state index contributed by atoms with van der Waals surface area (Å²) >= 11 is 0. The Morgan fingerprint density at radius 3 is 2.91 bits per heavy atom. The Morgan fingerprint density at radius 1 is 1.39 bits per heavy atom. The molecule has 3 rings (SSSR count). The van der Waals surface area contributed by atoms with Crippen LogP contribution in [-0.2, 0) is 16.0 Å². The number of piperidine rings is 1. The molecule has 1 amide bonds. The number of rotatable bonds is 5. The first kappa shape index (κ1) is 16.0. The number of ether oxygens (including phenoxy) is 1. The van der Waals surface area contributed by atoms with Crippen LogP contribution >= 0.6 is 0 Å². The van der Waals surface area contributed by atoms with Crippen LogP contribution in [0.5, 0.6) is 0 Å². The highest BCUT2D eigenvalue weighted by atomic mass is 19.1. The first-order chi connectivity index (χ1) is 11.1. The number of hydrogen-bond donors (Lipinski definition) is 3. The Kier molecular flexibility index (Phi) is 4.63. The molecule has 0 spiro atoms. The molecule has 1 aromatic heterocycles. The van der Waals surface area contributed by atoms with Crippen molar-refractivity contribution in [2.45, 2.75) is 24.9 Å². The number of aromatic amines is 1. The van der Waals surface area contributed by atoms with Crippen molar-refractivity contribution in [1.29, 1.82) is 0 Å². The van der Waals surface area contributed by atoms with Crippen LogP contribution in [0.1, 0.15) is 18.4 Å². The second kappa shape index (κ2) is 6.68. The van der Waals surface area contributed by atoms with E-state index in [9.17, 15) is 9.18 Å². The molecule has 1 aliphatic heterocycles. The van der Waals surface area contributed by atoms with Crippen LogP contribution in [0, 0.1) is 5.82 Å². The van der Waals surface area contributed by atoms with Gasteiger partial charge in [-0.15, -0.1) is 0 Å². The number of aromatic nitrogens is 1.